The Balaban J connectivity index is 1.48. The Labute approximate surface area is 179 Å². The molecule has 0 unspecified atom stereocenters. The third-order valence-corrected chi connectivity index (χ3v) is 4.90. The Morgan fingerprint density at radius 3 is 2.39 bits per heavy atom. The second-order valence-electron chi connectivity index (χ2n) is 7.53. The molecule has 4 rings (SSSR count). The number of ether oxygens (including phenoxy) is 2. The second kappa shape index (κ2) is 7.75. The van der Waals surface area contributed by atoms with Gasteiger partial charge >= 0.3 is 11.9 Å². The minimum absolute atomic E-state index is 0.192. The lowest BCUT2D eigenvalue weighted by atomic mass is 10.2. The fourth-order valence-electron chi connectivity index (χ4n) is 3.27. The van der Waals surface area contributed by atoms with E-state index in [1.807, 2.05) is 54.3 Å². The molecule has 160 valence electrons. The molecule has 1 aliphatic heterocycles. The van der Waals surface area contributed by atoms with Crippen molar-refractivity contribution < 1.29 is 19.1 Å². The molecule has 1 fully saturated rings. The summed E-state index contributed by atoms with van der Waals surface area (Å²) in [6, 6.07) is 9.33. The van der Waals surface area contributed by atoms with Crippen LogP contribution < -0.4 is 5.32 Å². The van der Waals surface area contributed by atoms with Gasteiger partial charge in [0.1, 0.15) is 0 Å². The van der Waals surface area contributed by atoms with Gasteiger partial charge < -0.3 is 14.8 Å². The molecule has 31 heavy (non-hydrogen) atoms. The summed E-state index contributed by atoms with van der Waals surface area (Å²) >= 11 is 0. The maximum absolute atomic E-state index is 12.0. The molecule has 3 aromatic rings. The van der Waals surface area contributed by atoms with E-state index < -0.39 is 17.7 Å². The molecule has 1 saturated heterocycles. The summed E-state index contributed by atoms with van der Waals surface area (Å²) in [6.45, 7) is 7.89. The molecule has 0 saturated carbocycles. The number of carbonyl (C=O) groups is 2. The molecule has 0 spiro atoms. The molecule has 1 N–H and O–H groups in total. The Morgan fingerprint density at radius 1 is 1.10 bits per heavy atom. The van der Waals surface area contributed by atoms with E-state index in [0.717, 1.165) is 29.2 Å². The number of cyclic esters (lactones) is 2. The number of nitrogens with zero attached hydrogens (tertiary/aromatic N) is 4. The Bertz CT molecular complexity index is 1150. The fraction of sp³-hybridized carbons (Fsp3) is 0.273. The first kappa shape index (κ1) is 20.4. The normalized spacial score (nSPS) is 15.4. The summed E-state index contributed by atoms with van der Waals surface area (Å²) in [5.74, 6) is -2.71. The highest BCUT2D eigenvalue weighted by molar-refractivity contribution is 6.15. The Hall–Kier alpha value is -3.88. The van der Waals surface area contributed by atoms with E-state index in [2.05, 4.69) is 22.4 Å². The topological polar surface area (TPSA) is 100 Å². The summed E-state index contributed by atoms with van der Waals surface area (Å²) in [7, 11) is 0. The van der Waals surface area contributed by atoms with Gasteiger partial charge in [0.2, 0.25) is 0 Å². The standard InChI is InChI=1S/C22H23N5O4/c1-5-26-14(2)17(13-24-26)19-10-11-27(25-19)16-8-6-15(7-9-16)23-12-18-20(28)30-22(3,4)31-21(18)29/h6-13,23H,5H2,1-4H3. The van der Waals surface area contributed by atoms with Gasteiger partial charge in [-0.1, -0.05) is 0 Å². The summed E-state index contributed by atoms with van der Waals surface area (Å²) in [4.78, 5) is 24.0. The number of aromatic nitrogens is 4. The first-order valence-corrected chi connectivity index (χ1v) is 9.89. The number of nitrogens with one attached hydrogen (secondary N) is 1. The Morgan fingerprint density at radius 2 is 1.77 bits per heavy atom. The third kappa shape index (κ3) is 4.07. The zero-order chi connectivity index (χ0) is 22.2. The summed E-state index contributed by atoms with van der Waals surface area (Å²) < 4.78 is 13.8. The first-order chi connectivity index (χ1) is 14.8. The molecule has 1 aliphatic rings. The molecule has 0 amide bonds. The molecule has 9 heteroatoms. The van der Waals surface area contributed by atoms with E-state index in [1.54, 1.807) is 4.68 Å². The van der Waals surface area contributed by atoms with Gasteiger partial charge in [0.25, 0.3) is 5.79 Å². The van der Waals surface area contributed by atoms with Crippen LogP contribution in [0.15, 0.2) is 54.5 Å². The van der Waals surface area contributed by atoms with Gasteiger partial charge in [-0.3, -0.25) is 4.68 Å². The molecule has 1 aromatic carbocycles. The van der Waals surface area contributed by atoms with Crippen molar-refractivity contribution in [3.8, 4) is 16.9 Å². The minimum atomic E-state index is -1.26. The molecule has 0 aliphatic carbocycles. The van der Waals surface area contributed by atoms with Crippen molar-refractivity contribution in [2.75, 3.05) is 5.32 Å². The maximum Gasteiger partial charge on any atom is 0.350 e. The van der Waals surface area contributed by atoms with Crippen molar-refractivity contribution in [2.45, 2.75) is 40.0 Å². The van der Waals surface area contributed by atoms with Crippen molar-refractivity contribution in [3.63, 3.8) is 0 Å². The lowest BCUT2D eigenvalue weighted by Gasteiger charge is -2.29. The molecular formula is C22H23N5O4. The summed E-state index contributed by atoms with van der Waals surface area (Å²) in [5, 5.41) is 11.9. The number of hydrogen-bond donors (Lipinski definition) is 1. The number of aryl methyl sites for hydroxylation is 1. The molecular weight excluding hydrogens is 398 g/mol. The van der Waals surface area contributed by atoms with Crippen molar-refractivity contribution in [1.29, 1.82) is 0 Å². The van der Waals surface area contributed by atoms with Gasteiger partial charge in [-0.05, 0) is 44.2 Å². The summed E-state index contributed by atoms with van der Waals surface area (Å²) in [6.07, 6.45) is 5.00. The second-order valence-corrected chi connectivity index (χ2v) is 7.53. The van der Waals surface area contributed by atoms with Crippen LogP contribution in [0.1, 0.15) is 26.5 Å². The predicted molar refractivity (Wildman–Crippen MR) is 113 cm³/mol. The quantitative estimate of drug-likeness (QED) is 0.384. The molecule has 0 bridgehead atoms. The van der Waals surface area contributed by atoms with Crippen molar-refractivity contribution in [2.24, 2.45) is 0 Å². The van der Waals surface area contributed by atoms with Crippen LogP contribution in [0.25, 0.3) is 16.9 Å². The lowest BCUT2D eigenvalue weighted by molar-refractivity contribution is -0.222. The fourth-order valence-corrected chi connectivity index (χ4v) is 3.27. The van der Waals surface area contributed by atoms with E-state index >= 15 is 0 Å². The average molecular weight is 421 g/mol. The van der Waals surface area contributed by atoms with Gasteiger partial charge in [0.05, 0.1) is 17.6 Å². The highest BCUT2D eigenvalue weighted by atomic mass is 16.7. The van der Waals surface area contributed by atoms with E-state index in [0.29, 0.717) is 5.69 Å². The molecule has 9 nitrogen and oxygen atoms in total. The van der Waals surface area contributed by atoms with Crippen LogP contribution in [0.4, 0.5) is 5.69 Å². The van der Waals surface area contributed by atoms with E-state index in [4.69, 9.17) is 9.47 Å². The largest absolute Gasteiger partial charge is 0.419 e. The van der Waals surface area contributed by atoms with Crippen LogP contribution >= 0.6 is 0 Å². The third-order valence-electron chi connectivity index (χ3n) is 4.90. The van der Waals surface area contributed by atoms with Crippen molar-refractivity contribution >= 4 is 17.6 Å². The van der Waals surface area contributed by atoms with Crippen LogP contribution in [0, 0.1) is 6.92 Å². The molecule has 0 radical (unpaired) electrons. The molecule has 3 heterocycles. The highest BCUT2D eigenvalue weighted by Gasteiger charge is 2.38. The monoisotopic (exact) mass is 421 g/mol. The van der Waals surface area contributed by atoms with Gasteiger partial charge in [-0.15, -0.1) is 0 Å². The van der Waals surface area contributed by atoms with Gasteiger partial charge in [-0.2, -0.15) is 10.2 Å². The first-order valence-electron chi connectivity index (χ1n) is 9.89. The van der Waals surface area contributed by atoms with Gasteiger partial charge in [0, 0.05) is 49.7 Å². The van der Waals surface area contributed by atoms with Crippen molar-refractivity contribution in [3.05, 3.63) is 60.2 Å². The number of rotatable bonds is 5. The van der Waals surface area contributed by atoms with Gasteiger partial charge in [0.15, 0.2) is 5.57 Å². The van der Waals surface area contributed by atoms with Gasteiger partial charge in [-0.25, -0.2) is 14.3 Å². The van der Waals surface area contributed by atoms with E-state index in [9.17, 15) is 9.59 Å². The van der Waals surface area contributed by atoms with E-state index in [-0.39, 0.29) is 5.57 Å². The average Bonchev–Trinajstić information content (AvgIpc) is 3.33. The summed E-state index contributed by atoms with van der Waals surface area (Å²) in [5.41, 5.74) is 4.28. The molecule has 2 aromatic heterocycles. The number of hydrogen-bond acceptors (Lipinski definition) is 7. The Kier molecular flexibility index (Phi) is 5.10. The highest BCUT2D eigenvalue weighted by Crippen LogP contribution is 2.24. The maximum atomic E-state index is 12.0. The number of esters is 2. The molecule has 0 atom stereocenters. The van der Waals surface area contributed by atoms with Crippen LogP contribution in [0.5, 0.6) is 0 Å². The zero-order valence-corrected chi connectivity index (χ0v) is 17.7. The smallest absolute Gasteiger partial charge is 0.350 e. The van der Waals surface area contributed by atoms with Crippen LogP contribution in [-0.4, -0.2) is 37.3 Å². The SMILES string of the molecule is CCn1ncc(-c2ccn(-c3ccc(NC=C4C(=O)OC(C)(C)OC4=O)cc3)n2)c1C. The predicted octanol–water partition coefficient (Wildman–Crippen LogP) is 3.20. The van der Waals surface area contributed by atoms with Crippen LogP contribution in [-0.2, 0) is 25.6 Å². The van der Waals surface area contributed by atoms with Crippen molar-refractivity contribution in [1.82, 2.24) is 19.6 Å². The van der Waals surface area contributed by atoms with Crippen LogP contribution in [0.2, 0.25) is 0 Å². The zero-order valence-electron chi connectivity index (χ0n) is 17.7. The lowest BCUT2D eigenvalue weighted by Crippen LogP contribution is -2.42. The minimum Gasteiger partial charge on any atom is -0.419 e. The number of carbonyl (C=O) groups excluding carboxylic acids is 2. The van der Waals surface area contributed by atoms with Crippen LogP contribution in [0.3, 0.4) is 0 Å². The number of benzene rings is 1. The number of anilines is 1. The van der Waals surface area contributed by atoms with E-state index in [1.165, 1.54) is 20.0 Å².